The van der Waals surface area contributed by atoms with Gasteiger partial charge in [0.1, 0.15) is 0 Å². The molecule has 16 heavy (non-hydrogen) atoms. The predicted molar refractivity (Wildman–Crippen MR) is 66.9 cm³/mol. The van der Waals surface area contributed by atoms with Crippen molar-refractivity contribution in [3.8, 4) is 0 Å². The maximum Gasteiger partial charge on any atom is 0.316 e. The Balaban J connectivity index is 3.40. The van der Waals surface area contributed by atoms with Crippen LogP contribution in [-0.4, -0.2) is 11.0 Å². The molecule has 0 spiro atoms. The van der Waals surface area contributed by atoms with E-state index >= 15 is 0 Å². The second-order valence-corrected chi connectivity index (χ2v) is 3.66. The second kappa shape index (κ2) is 4.61. The molecule has 1 rings (SSSR count). The number of urea groups is 1. The SMILES string of the molecule is C=C(C)c1cncc(C(=C)C)c1NC(N)=O. The van der Waals surface area contributed by atoms with E-state index in [9.17, 15) is 4.79 Å². The van der Waals surface area contributed by atoms with Crippen molar-refractivity contribution in [1.82, 2.24) is 4.98 Å². The summed E-state index contributed by atoms with van der Waals surface area (Å²) in [7, 11) is 0. The highest BCUT2D eigenvalue weighted by molar-refractivity contribution is 5.95. The van der Waals surface area contributed by atoms with Gasteiger partial charge in [0.15, 0.2) is 0 Å². The van der Waals surface area contributed by atoms with Crippen LogP contribution in [0.4, 0.5) is 10.5 Å². The first-order chi connectivity index (χ1) is 7.43. The highest BCUT2D eigenvalue weighted by Gasteiger charge is 2.11. The van der Waals surface area contributed by atoms with Crippen LogP contribution in [0, 0.1) is 0 Å². The van der Waals surface area contributed by atoms with Gasteiger partial charge in [0.25, 0.3) is 0 Å². The summed E-state index contributed by atoms with van der Waals surface area (Å²) in [6.45, 7) is 11.3. The Hall–Kier alpha value is -2.10. The standard InChI is InChI=1S/C12H15N3O/c1-7(2)9-5-14-6-10(8(3)4)11(9)15-12(13)16/h5-6H,1,3H2,2,4H3,(H3,13,14,15,16). The van der Waals surface area contributed by atoms with E-state index in [0.29, 0.717) is 5.69 Å². The first-order valence-corrected chi connectivity index (χ1v) is 4.79. The topological polar surface area (TPSA) is 68.0 Å². The van der Waals surface area contributed by atoms with Crippen molar-refractivity contribution >= 4 is 22.9 Å². The summed E-state index contributed by atoms with van der Waals surface area (Å²) in [4.78, 5) is 15.0. The molecule has 0 saturated heterocycles. The van der Waals surface area contributed by atoms with E-state index in [1.807, 2.05) is 13.8 Å². The number of primary amides is 1. The third-order valence-corrected chi connectivity index (χ3v) is 2.11. The Bertz CT molecular complexity index is 431. The summed E-state index contributed by atoms with van der Waals surface area (Å²) in [5, 5.41) is 2.58. The van der Waals surface area contributed by atoms with Gasteiger partial charge in [-0.1, -0.05) is 13.2 Å². The molecule has 0 bridgehead atoms. The van der Waals surface area contributed by atoms with E-state index in [-0.39, 0.29) is 0 Å². The molecule has 3 N–H and O–H groups in total. The largest absolute Gasteiger partial charge is 0.351 e. The lowest BCUT2D eigenvalue weighted by Gasteiger charge is -2.14. The first-order valence-electron chi connectivity index (χ1n) is 4.79. The van der Waals surface area contributed by atoms with Gasteiger partial charge in [-0.15, -0.1) is 0 Å². The number of amides is 2. The van der Waals surface area contributed by atoms with E-state index < -0.39 is 6.03 Å². The van der Waals surface area contributed by atoms with Gasteiger partial charge in [0.05, 0.1) is 5.69 Å². The number of allylic oxidation sites excluding steroid dienone is 2. The van der Waals surface area contributed by atoms with Crippen LogP contribution in [0.2, 0.25) is 0 Å². The fourth-order valence-electron chi connectivity index (χ4n) is 1.37. The van der Waals surface area contributed by atoms with Crippen LogP contribution in [0.3, 0.4) is 0 Å². The molecule has 0 atom stereocenters. The van der Waals surface area contributed by atoms with Crippen LogP contribution in [0.1, 0.15) is 25.0 Å². The maximum absolute atomic E-state index is 10.9. The highest BCUT2D eigenvalue weighted by atomic mass is 16.2. The Morgan fingerprint density at radius 2 is 1.69 bits per heavy atom. The smallest absolute Gasteiger partial charge is 0.316 e. The summed E-state index contributed by atoms with van der Waals surface area (Å²) in [6.07, 6.45) is 3.28. The third kappa shape index (κ3) is 2.48. The minimum atomic E-state index is -0.615. The van der Waals surface area contributed by atoms with Crippen molar-refractivity contribution in [2.45, 2.75) is 13.8 Å². The quantitative estimate of drug-likeness (QED) is 0.817. The average molecular weight is 217 g/mol. The number of nitrogens with two attached hydrogens (primary N) is 1. The van der Waals surface area contributed by atoms with Crippen LogP contribution in [0.15, 0.2) is 25.6 Å². The van der Waals surface area contributed by atoms with Crippen LogP contribution in [-0.2, 0) is 0 Å². The van der Waals surface area contributed by atoms with E-state index in [4.69, 9.17) is 5.73 Å². The molecule has 4 heteroatoms. The van der Waals surface area contributed by atoms with Gasteiger partial charge in [0.2, 0.25) is 0 Å². The number of hydrogen-bond donors (Lipinski definition) is 2. The Morgan fingerprint density at radius 1 is 1.25 bits per heavy atom. The summed E-state index contributed by atoms with van der Waals surface area (Å²) < 4.78 is 0. The van der Waals surface area contributed by atoms with Crippen molar-refractivity contribution < 1.29 is 4.79 Å². The van der Waals surface area contributed by atoms with Gasteiger partial charge in [-0.3, -0.25) is 4.98 Å². The predicted octanol–water partition coefficient (Wildman–Crippen LogP) is 2.64. The molecule has 84 valence electrons. The molecule has 0 aliphatic rings. The summed E-state index contributed by atoms with van der Waals surface area (Å²) in [5.74, 6) is 0. The van der Waals surface area contributed by atoms with E-state index in [1.54, 1.807) is 12.4 Å². The van der Waals surface area contributed by atoms with Crippen molar-refractivity contribution in [3.63, 3.8) is 0 Å². The zero-order valence-corrected chi connectivity index (χ0v) is 9.50. The summed E-state index contributed by atoms with van der Waals surface area (Å²) in [5.41, 5.74) is 8.88. The first kappa shape index (κ1) is 12.0. The number of nitrogens with one attached hydrogen (secondary N) is 1. The molecule has 0 aromatic carbocycles. The number of carbonyl (C=O) groups excluding carboxylic acids is 1. The van der Waals surface area contributed by atoms with Crippen molar-refractivity contribution in [2.24, 2.45) is 5.73 Å². The summed E-state index contributed by atoms with van der Waals surface area (Å²) >= 11 is 0. The Kier molecular flexibility index (Phi) is 3.45. The van der Waals surface area contributed by atoms with Gasteiger partial charge < -0.3 is 11.1 Å². The zero-order valence-electron chi connectivity index (χ0n) is 9.50. The molecule has 4 nitrogen and oxygen atoms in total. The molecular weight excluding hydrogens is 202 g/mol. The van der Waals surface area contributed by atoms with Crippen molar-refractivity contribution in [2.75, 3.05) is 5.32 Å². The minimum absolute atomic E-state index is 0.613. The third-order valence-electron chi connectivity index (χ3n) is 2.11. The molecule has 0 fully saturated rings. The summed E-state index contributed by atoms with van der Waals surface area (Å²) in [6, 6.07) is -0.615. The zero-order chi connectivity index (χ0) is 12.3. The van der Waals surface area contributed by atoms with Gasteiger partial charge >= 0.3 is 6.03 Å². The molecule has 1 aromatic heterocycles. The van der Waals surface area contributed by atoms with Crippen LogP contribution >= 0.6 is 0 Å². The monoisotopic (exact) mass is 217 g/mol. The molecule has 2 amide bonds. The number of pyridine rings is 1. The molecule has 0 unspecified atom stereocenters. The van der Waals surface area contributed by atoms with Gasteiger partial charge in [0, 0.05) is 23.5 Å². The van der Waals surface area contributed by atoms with E-state index in [1.165, 1.54) is 0 Å². The number of hydrogen-bond acceptors (Lipinski definition) is 2. The number of rotatable bonds is 3. The van der Waals surface area contributed by atoms with Gasteiger partial charge in [-0.05, 0) is 25.0 Å². The maximum atomic E-state index is 10.9. The second-order valence-electron chi connectivity index (χ2n) is 3.66. The van der Waals surface area contributed by atoms with E-state index in [0.717, 1.165) is 22.3 Å². The van der Waals surface area contributed by atoms with Crippen molar-refractivity contribution in [3.05, 3.63) is 36.7 Å². The molecule has 0 aliphatic carbocycles. The molecular formula is C12H15N3O. The highest BCUT2D eigenvalue weighted by Crippen LogP contribution is 2.29. The number of anilines is 1. The molecule has 0 aliphatic heterocycles. The number of aromatic nitrogens is 1. The molecule has 0 saturated carbocycles. The lowest BCUT2D eigenvalue weighted by Crippen LogP contribution is -2.21. The van der Waals surface area contributed by atoms with Crippen LogP contribution < -0.4 is 11.1 Å². The Morgan fingerprint density at radius 3 is 2.00 bits per heavy atom. The average Bonchev–Trinajstić information content (AvgIpc) is 2.16. The minimum Gasteiger partial charge on any atom is -0.351 e. The number of carbonyl (C=O) groups is 1. The normalized spacial score (nSPS) is 9.62. The lowest BCUT2D eigenvalue weighted by atomic mass is 10.0. The van der Waals surface area contributed by atoms with Gasteiger partial charge in [-0.25, -0.2) is 4.79 Å². The van der Waals surface area contributed by atoms with Crippen LogP contribution in [0.25, 0.3) is 11.1 Å². The van der Waals surface area contributed by atoms with Crippen molar-refractivity contribution in [1.29, 1.82) is 0 Å². The molecule has 1 aromatic rings. The Labute approximate surface area is 94.9 Å². The fraction of sp³-hybridized carbons (Fsp3) is 0.167. The fourth-order valence-corrected chi connectivity index (χ4v) is 1.37. The van der Waals surface area contributed by atoms with E-state index in [2.05, 4.69) is 23.5 Å². The number of nitrogens with zero attached hydrogens (tertiary/aromatic N) is 1. The van der Waals surface area contributed by atoms with Gasteiger partial charge in [-0.2, -0.15) is 0 Å². The molecule has 0 radical (unpaired) electrons. The van der Waals surface area contributed by atoms with Crippen LogP contribution in [0.5, 0.6) is 0 Å². The lowest BCUT2D eigenvalue weighted by molar-refractivity contribution is 0.259. The molecule has 1 heterocycles.